The zero-order valence-corrected chi connectivity index (χ0v) is 19.3. The van der Waals surface area contributed by atoms with Gasteiger partial charge < -0.3 is 20.8 Å². The summed E-state index contributed by atoms with van der Waals surface area (Å²) in [4.78, 5) is 20.4. The fourth-order valence-corrected chi connectivity index (χ4v) is 2.73. The van der Waals surface area contributed by atoms with Gasteiger partial charge in [-0.15, -0.1) is 24.0 Å². The summed E-state index contributed by atoms with van der Waals surface area (Å²) in [5.41, 5.74) is 9.62. The van der Waals surface area contributed by atoms with Crippen molar-refractivity contribution in [3.63, 3.8) is 0 Å². The quantitative estimate of drug-likeness (QED) is 0.251. The number of aliphatic imine (C=N–C) groups is 1. The third kappa shape index (κ3) is 6.58. The Morgan fingerprint density at radius 3 is 2.63 bits per heavy atom. The zero-order chi connectivity index (χ0) is 20.6. The van der Waals surface area contributed by atoms with E-state index >= 15 is 0 Å². The van der Waals surface area contributed by atoms with Crippen LogP contribution in [0.15, 0.2) is 64.2 Å². The maximum absolute atomic E-state index is 11.3. The second-order valence-corrected chi connectivity index (χ2v) is 6.62. The summed E-state index contributed by atoms with van der Waals surface area (Å²) >= 11 is 0. The molecule has 0 saturated heterocycles. The van der Waals surface area contributed by atoms with E-state index in [1.165, 1.54) is 5.56 Å². The van der Waals surface area contributed by atoms with E-state index in [0.29, 0.717) is 30.5 Å². The predicted molar refractivity (Wildman–Crippen MR) is 129 cm³/mol. The minimum atomic E-state index is -0.448. The van der Waals surface area contributed by atoms with Gasteiger partial charge in [0.1, 0.15) is 6.26 Å². The van der Waals surface area contributed by atoms with Crippen molar-refractivity contribution in [1.82, 2.24) is 15.6 Å². The van der Waals surface area contributed by atoms with Crippen LogP contribution in [0.2, 0.25) is 0 Å². The van der Waals surface area contributed by atoms with Crippen molar-refractivity contribution in [3.05, 3.63) is 77.2 Å². The summed E-state index contributed by atoms with van der Waals surface area (Å²) in [5.74, 6) is 0.792. The number of carbonyl (C=O) groups excluding carboxylic acids is 1. The Hall–Kier alpha value is -2.88. The third-order valence-corrected chi connectivity index (χ3v) is 4.26. The number of amides is 1. The van der Waals surface area contributed by atoms with Crippen LogP contribution in [0, 0.1) is 6.92 Å². The fourth-order valence-electron chi connectivity index (χ4n) is 2.73. The lowest BCUT2D eigenvalue weighted by atomic mass is 10.1. The normalized spacial score (nSPS) is 10.9. The molecule has 3 aromatic rings. The Morgan fingerprint density at radius 1 is 1.17 bits per heavy atom. The number of hydrogen-bond donors (Lipinski definition) is 3. The monoisotopic (exact) mass is 519 g/mol. The second kappa shape index (κ2) is 11.3. The van der Waals surface area contributed by atoms with Crippen molar-refractivity contribution < 1.29 is 9.21 Å². The number of primary amides is 1. The summed E-state index contributed by atoms with van der Waals surface area (Å²) < 4.78 is 5.59. The molecule has 0 atom stereocenters. The first-order valence-corrected chi connectivity index (χ1v) is 9.47. The Balaban J connectivity index is 0.00000320. The van der Waals surface area contributed by atoms with Crippen LogP contribution < -0.4 is 16.4 Å². The molecule has 0 bridgehead atoms. The molecule has 0 unspecified atom stereocenters. The largest absolute Gasteiger partial charge is 0.444 e. The first-order valence-electron chi connectivity index (χ1n) is 9.47. The lowest BCUT2D eigenvalue weighted by Gasteiger charge is -2.10. The number of nitrogens with two attached hydrogens (primary N) is 1. The molecule has 4 N–H and O–H groups in total. The van der Waals surface area contributed by atoms with Crippen molar-refractivity contribution >= 4 is 35.8 Å². The molecule has 0 aliphatic rings. The maximum Gasteiger partial charge on any atom is 0.248 e. The first kappa shape index (κ1) is 23.4. The zero-order valence-electron chi connectivity index (χ0n) is 17.0. The van der Waals surface area contributed by atoms with Gasteiger partial charge in [0.05, 0.1) is 18.8 Å². The van der Waals surface area contributed by atoms with Gasteiger partial charge in [0.25, 0.3) is 0 Å². The van der Waals surface area contributed by atoms with E-state index < -0.39 is 5.91 Å². The number of benzene rings is 2. The Kier molecular flexibility index (Phi) is 8.85. The summed E-state index contributed by atoms with van der Waals surface area (Å²) in [7, 11) is 0. The number of aryl methyl sites for hydroxylation is 1. The molecule has 0 fully saturated rings. The van der Waals surface area contributed by atoms with Crippen molar-refractivity contribution in [2.45, 2.75) is 26.9 Å². The molecule has 1 aromatic heterocycles. The molecular weight excluding hydrogens is 493 g/mol. The molecule has 1 heterocycles. The Bertz CT molecular complexity index is 999. The summed E-state index contributed by atoms with van der Waals surface area (Å²) in [6.45, 7) is 5.66. The number of halogens is 1. The average molecular weight is 519 g/mol. The van der Waals surface area contributed by atoms with E-state index in [2.05, 4.69) is 20.6 Å². The lowest BCUT2D eigenvalue weighted by molar-refractivity contribution is 0.1000. The number of guanidine groups is 1. The predicted octanol–water partition coefficient (Wildman–Crippen LogP) is 3.62. The topological polar surface area (TPSA) is 106 Å². The van der Waals surface area contributed by atoms with E-state index in [-0.39, 0.29) is 24.0 Å². The molecule has 7 nitrogen and oxygen atoms in total. The molecule has 2 aromatic carbocycles. The van der Waals surface area contributed by atoms with Gasteiger partial charge in [0.2, 0.25) is 11.8 Å². The number of aromatic nitrogens is 1. The SMILES string of the molecule is CCNC(=NCc1cccc(C(N)=O)c1)NCc1coc(-c2ccc(C)cc2)n1.I. The van der Waals surface area contributed by atoms with Crippen LogP contribution in [0.1, 0.15) is 34.1 Å². The fraction of sp³-hybridized carbons (Fsp3) is 0.227. The van der Waals surface area contributed by atoms with Crippen molar-refractivity contribution in [1.29, 1.82) is 0 Å². The number of hydrogen-bond acceptors (Lipinski definition) is 4. The van der Waals surface area contributed by atoms with Crippen LogP contribution >= 0.6 is 24.0 Å². The Labute approximate surface area is 193 Å². The highest BCUT2D eigenvalue weighted by Gasteiger charge is 2.08. The molecule has 0 aliphatic heterocycles. The highest BCUT2D eigenvalue weighted by molar-refractivity contribution is 14.0. The van der Waals surface area contributed by atoms with E-state index in [4.69, 9.17) is 10.2 Å². The van der Waals surface area contributed by atoms with E-state index in [1.54, 1.807) is 24.5 Å². The molecule has 158 valence electrons. The van der Waals surface area contributed by atoms with Gasteiger partial charge in [-0.3, -0.25) is 4.79 Å². The van der Waals surface area contributed by atoms with E-state index in [0.717, 1.165) is 23.4 Å². The van der Waals surface area contributed by atoms with Crippen molar-refractivity contribution in [2.24, 2.45) is 10.7 Å². The minimum absolute atomic E-state index is 0. The van der Waals surface area contributed by atoms with E-state index in [9.17, 15) is 4.79 Å². The van der Waals surface area contributed by atoms with Crippen LogP contribution in [0.3, 0.4) is 0 Å². The molecule has 0 spiro atoms. The van der Waals surface area contributed by atoms with Crippen LogP contribution in [0.4, 0.5) is 0 Å². The molecule has 0 saturated carbocycles. The van der Waals surface area contributed by atoms with Gasteiger partial charge in [-0.05, 0) is 43.7 Å². The highest BCUT2D eigenvalue weighted by atomic mass is 127. The van der Waals surface area contributed by atoms with Crippen molar-refractivity contribution in [3.8, 4) is 11.5 Å². The molecule has 1 amide bonds. The Morgan fingerprint density at radius 2 is 1.93 bits per heavy atom. The molecule has 0 radical (unpaired) electrons. The number of nitrogens with zero attached hydrogens (tertiary/aromatic N) is 2. The maximum atomic E-state index is 11.3. The summed E-state index contributed by atoms with van der Waals surface area (Å²) in [6.07, 6.45) is 1.64. The van der Waals surface area contributed by atoms with Gasteiger partial charge in [0.15, 0.2) is 5.96 Å². The van der Waals surface area contributed by atoms with Crippen LogP contribution in [-0.4, -0.2) is 23.4 Å². The van der Waals surface area contributed by atoms with Gasteiger partial charge in [-0.25, -0.2) is 9.98 Å². The standard InChI is InChI=1S/C22H25N5O2.HI/c1-3-24-22(25-12-16-5-4-6-18(11-16)20(23)28)26-13-19-14-29-21(27-19)17-9-7-15(2)8-10-17;/h4-11,14H,3,12-13H2,1-2H3,(H2,23,28)(H2,24,25,26);1H. The van der Waals surface area contributed by atoms with E-state index in [1.807, 2.05) is 44.2 Å². The number of oxazole rings is 1. The molecule has 30 heavy (non-hydrogen) atoms. The first-order chi connectivity index (χ1) is 14.0. The highest BCUT2D eigenvalue weighted by Crippen LogP contribution is 2.19. The van der Waals surface area contributed by atoms with Crippen LogP contribution in [0.5, 0.6) is 0 Å². The number of carbonyl (C=O) groups is 1. The summed E-state index contributed by atoms with van der Waals surface area (Å²) in [6, 6.07) is 15.2. The van der Waals surface area contributed by atoms with Gasteiger partial charge in [-0.1, -0.05) is 29.8 Å². The average Bonchev–Trinajstić information content (AvgIpc) is 3.20. The summed E-state index contributed by atoms with van der Waals surface area (Å²) in [5, 5.41) is 6.44. The molecule has 3 rings (SSSR count). The second-order valence-electron chi connectivity index (χ2n) is 6.62. The molecule has 8 heteroatoms. The van der Waals surface area contributed by atoms with Gasteiger partial charge in [0, 0.05) is 17.7 Å². The minimum Gasteiger partial charge on any atom is -0.444 e. The lowest BCUT2D eigenvalue weighted by Crippen LogP contribution is -2.36. The third-order valence-electron chi connectivity index (χ3n) is 4.26. The molecular formula is C22H26IN5O2. The smallest absolute Gasteiger partial charge is 0.248 e. The van der Waals surface area contributed by atoms with Crippen LogP contribution in [-0.2, 0) is 13.1 Å². The molecule has 0 aliphatic carbocycles. The number of rotatable bonds is 7. The van der Waals surface area contributed by atoms with Crippen molar-refractivity contribution in [2.75, 3.05) is 6.54 Å². The van der Waals surface area contributed by atoms with Crippen LogP contribution in [0.25, 0.3) is 11.5 Å². The van der Waals surface area contributed by atoms with Gasteiger partial charge in [-0.2, -0.15) is 0 Å². The van der Waals surface area contributed by atoms with Gasteiger partial charge >= 0.3 is 0 Å². The number of nitrogens with one attached hydrogen (secondary N) is 2.